The summed E-state index contributed by atoms with van der Waals surface area (Å²) in [4.78, 5) is 22.8. The second-order valence-electron chi connectivity index (χ2n) is 7.43. The topological polar surface area (TPSA) is 88.3 Å². The predicted molar refractivity (Wildman–Crippen MR) is 93.2 cm³/mol. The molecule has 3 fully saturated rings. The van der Waals surface area contributed by atoms with Gasteiger partial charge in [-0.25, -0.2) is 14.4 Å². The lowest BCUT2D eigenvalue weighted by Gasteiger charge is -2.41. The van der Waals surface area contributed by atoms with Gasteiger partial charge in [0.15, 0.2) is 5.60 Å². The van der Waals surface area contributed by atoms with E-state index in [0.29, 0.717) is 18.7 Å². The van der Waals surface area contributed by atoms with E-state index < -0.39 is 5.60 Å². The van der Waals surface area contributed by atoms with Gasteiger partial charge in [0.25, 0.3) is 5.91 Å². The number of fused-ring (bicyclic) bond motifs is 1. The van der Waals surface area contributed by atoms with Crippen LogP contribution < -0.4 is 4.74 Å². The van der Waals surface area contributed by atoms with E-state index in [1.807, 2.05) is 11.0 Å². The normalized spacial score (nSPS) is 30.8. The molecule has 2 aromatic rings. The van der Waals surface area contributed by atoms with Crippen molar-refractivity contribution < 1.29 is 18.7 Å². The van der Waals surface area contributed by atoms with Crippen molar-refractivity contribution in [2.45, 2.75) is 49.7 Å². The van der Waals surface area contributed by atoms with Crippen molar-refractivity contribution in [3.05, 3.63) is 53.7 Å². The van der Waals surface area contributed by atoms with Gasteiger partial charge in [-0.15, -0.1) is 0 Å². The lowest BCUT2D eigenvalue weighted by molar-refractivity contribution is -0.162. The number of amides is 1. The number of carbonyl (C=O) groups is 1. The molecule has 3 heterocycles. The first-order valence-electron chi connectivity index (χ1n) is 9.23. The summed E-state index contributed by atoms with van der Waals surface area (Å²) in [5, 5.41) is 8.91. The van der Waals surface area contributed by atoms with Crippen LogP contribution in [0.3, 0.4) is 0 Å². The first-order chi connectivity index (χ1) is 13.6. The summed E-state index contributed by atoms with van der Waals surface area (Å²) in [5.41, 5.74) is 0.309. The van der Waals surface area contributed by atoms with Crippen molar-refractivity contribution in [2.24, 2.45) is 0 Å². The standard InChI is InChI=1S/C20H17FN4O3/c21-13-3-1-12(2-4-13)16-5-6-18-25(16)19(26)20(28-18)8-15(9-20)27-17-7-14(10-22)23-11-24-17/h1-4,7,11,15-16,18H,5-6,8-9H2/t15?,16-,18+,20?/m0/s1. The molecule has 3 aliphatic rings. The Labute approximate surface area is 160 Å². The van der Waals surface area contributed by atoms with Crippen molar-refractivity contribution in [3.63, 3.8) is 0 Å². The highest BCUT2D eigenvalue weighted by atomic mass is 19.1. The molecule has 0 N–H and O–H groups in total. The summed E-state index contributed by atoms with van der Waals surface area (Å²) >= 11 is 0. The van der Waals surface area contributed by atoms with Gasteiger partial charge in [0.1, 0.15) is 36.2 Å². The van der Waals surface area contributed by atoms with Gasteiger partial charge in [-0.1, -0.05) is 12.1 Å². The number of ether oxygens (including phenoxy) is 2. The van der Waals surface area contributed by atoms with E-state index in [0.717, 1.165) is 18.4 Å². The number of aromatic nitrogens is 2. The second-order valence-corrected chi connectivity index (χ2v) is 7.43. The Kier molecular flexibility index (Phi) is 3.81. The molecular weight excluding hydrogens is 363 g/mol. The lowest BCUT2D eigenvalue weighted by Crippen LogP contribution is -2.56. The molecule has 28 heavy (non-hydrogen) atoms. The van der Waals surface area contributed by atoms with E-state index in [1.54, 1.807) is 12.1 Å². The van der Waals surface area contributed by atoms with Gasteiger partial charge in [0.05, 0.1) is 6.04 Å². The third-order valence-corrected chi connectivity index (χ3v) is 5.73. The molecule has 1 amide bonds. The van der Waals surface area contributed by atoms with Gasteiger partial charge in [-0.3, -0.25) is 4.79 Å². The van der Waals surface area contributed by atoms with Crippen LogP contribution in [0.4, 0.5) is 4.39 Å². The fourth-order valence-corrected chi connectivity index (χ4v) is 4.39. The smallest absolute Gasteiger partial charge is 0.257 e. The highest BCUT2D eigenvalue weighted by Crippen LogP contribution is 2.51. The van der Waals surface area contributed by atoms with Crippen LogP contribution in [0.2, 0.25) is 0 Å². The Morgan fingerprint density at radius 3 is 2.79 bits per heavy atom. The fraction of sp³-hybridized carbons (Fsp3) is 0.400. The summed E-state index contributed by atoms with van der Waals surface area (Å²) in [6, 6.07) is 9.64. The van der Waals surface area contributed by atoms with Gasteiger partial charge in [-0.05, 0) is 30.5 Å². The number of benzene rings is 1. The molecule has 2 aliphatic heterocycles. The molecule has 0 bridgehead atoms. The molecule has 5 rings (SSSR count). The van der Waals surface area contributed by atoms with E-state index >= 15 is 0 Å². The summed E-state index contributed by atoms with van der Waals surface area (Å²) in [5.74, 6) is 0.00753. The fourth-order valence-electron chi connectivity index (χ4n) is 4.39. The zero-order valence-electron chi connectivity index (χ0n) is 14.9. The Bertz CT molecular complexity index is 968. The quantitative estimate of drug-likeness (QED) is 0.813. The number of hydrogen-bond acceptors (Lipinski definition) is 6. The zero-order chi connectivity index (χ0) is 19.3. The monoisotopic (exact) mass is 380 g/mol. The molecule has 1 aliphatic carbocycles. The largest absolute Gasteiger partial charge is 0.474 e. The number of rotatable bonds is 3. The molecule has 0 radical (unpaired) electrons. The van der Waals surface area contributed by atoms with Crippen molar-refractivity contribution in [1.82, 2.24) is 14.9 Å². The Balaban J connectivity index is 1.28. The molecule has 1 aromatic carbocycles. The second kappa shape index (κ2) is 6.24. The molecular formula is C20H17FN4O3. The molecule has 1 saturated carbocycles. The molecule has 2 atom stereocenters. The highest BCUT2D eigenvalue weighted by molar-refractivity contribution is 5.89. The Morgan fingerprint density at radius 2 is 2.04 bits per heavy atom. The molecule has 7 nitrogen and oxygen atoms in total. The van der Waals surface area contributed by atoms with Crippen LogP contribution in [0, 0.1) is 17.1 Å². The number of carbonyl (C=O) groups excluding carboxylic acids is 1. The molecule has 2 saturated heterocycles. The van der Waals surface area contributed by atoms with E-state index in [1.165, 1.54) is 24.5 Å². The predicted octanol–water partition coefficient (Wildman–Crippen LogP) is 2.49. The van der Waals surface area contributed by atoms with Crippen LogP contribution in [-0.2, 0) is 9.53 Å². The first kappa shape index (κ1) is 17.1. The van der Waals surface area contributed by atoms with Crippen LogP contribution in [0.1, 0.15) is 43.0 Å². The average Bonchev–Trinajstić information content (AvgIpc) is 3.21. The summed E-state index contributed by atoms with van der Waals surface area (Å²) < 4.78 is 25.2. The maximum Gasteiger partial charge on any atom is 0.257 e. The molecule has 8 heteroatoms. The summed E-state index contributed by atoms with van der Waals surface area (Å²) in [7, 11) is 0. The van der Waals surface area contributed by atoms with Gasteiger partial charge < -0.3 is 14.4 Å². The van der Waals surface area contributed by atoms with E-state index in [2.05, 4.69) is 9.97 Å². The molecule has 0 unspecified atom stereocenters. The maximum absolute atomic E-state index is 13.2. The van der Waals surface area contributed by atoms with Crippen LogP contribution in [0.25, 0.3) is 0 Å². The Morgan fingerprint density at radius 1 is 1.25 bits per heavy atom. The number of hydrogen-bond donors (Lipinski definition) is 0. The number of nitrogens with zero attached hydrogens (tertiary/aromatic N) is 4. The van der Waals surface area contributed by atoms with Gasteiger partial charge >= 0.3 is 0 Å². The lowest BCUT2D eigenvalue weighted by atomic mass is 9.76. The zero-order valence-corrected chi connectivity index (χ0v) is 14.9. The van der Waals surface area contributed by atoms with Crippen molar-refractivity contribution >= 4 is 5.91 Å². The first-order valence-corrected chi connectivity index (χ1v) is 9.23. The summed E-state index contributed by atoms with van der Waals surface area (Å²) in [6.07, 6.45) is 3.29. The number of halogens is 1. The molecule has 1 spiro atoms. The van der Waals surface area contributed by atoms with Crippen molar-refractivity contribution in [2.75, 3.05) is 0 Å². The maximum atomic E-state index is 13.2. The van der Waals surface area contributed by atoms with Crippen molar-refractivity contribution in [3.8, 4) is 11.9 Å². The van der Waals surface area contributed by atoms with Gasteiger partial charge in [0, 0.05) is 18.9 Å². The van der Waals surface area contributed by atoms with Crippen LogP contribution in [0.15, 0.2) is 36.7 Å². The Hall–Kier alpha value is -3.05. The van der Waals surface area contributed by atoms with Crippen LogP contribution in [0.5, 0.6) is 5.88 Å². The van der Waals surface area contributed by atoms with Crippen molar-refractivity contribution in [1.29, 1.82) is 5.26 Å². The SMILES string of the molecule is N#Cc1cc(OC2CC3(C2)O[C@@H]2CC[C@@H](c4ccc(F)cc4)N2C3=O)ncn1. The summed E-state index contributed by atoms with van der Waals surface area (Å²) in [6.45, 7) is 0. The van der Waals surface area contributed by atoms with Crippen LogP contribution in [-0.4, -0.2) is 38.7 Å². The minimum absolute atomic E-state index is 0.0235. The van der Waals surface area contributed by atoms with Gasteiger partial charge in [-0.2, -0.15) is 5.26 Å². The average molecular weight is 380 g/mol. The minimum atomic E-state index is -0.848. The number of nitriles is 1. The minimum Gasteiger partial charge on any atom is -0.474 e. The molecule has 1 aromatic heterocycles. The third-order valence-electron chi connectivity index (χ3n) is 5.73. The van der Waals surface area contributed by atoms with Gasteiger partial charge in [0.2, 0.25) is 5.88 Å². The van der Waals surface area contributed by atoms with E-state index in [4.69, 9.17) is 14.7 Å². The van der Waals surface area contributed by atoms with E-state index in [9.17, 15) is 9.18 Å². The van der Waals surface area contributed by atoms with Crippen LogP contribution >= 0.6 is 0 Å². The third kappa shape index (κ3) is 2.62. The molecule has 142 valence electrons. The highest BCUT2D eigenvalue weighted by Gasteiger charge is 2.63. The van der Waals surface area contributed by atoms with E-state index in [-0.39, 0.29) is 35.8 Å².